The van der Waals surface area contributed by atoms with Crippen molar-refractivity contribution in [1.82, 2.24) is 10.2 Å². The third-order valence-electron chi connectivity index (χ3n) is 6.30. The molecule has 2 amide bonds. The fourth-order valence-corrected chi connectivity index (χ4v) is 4.31. The maximum absolute atomic E-state index is 13.7. The molecule has 1 unspecified atom stereocenters. The van der Waals surface area contributed by atoms with Gasteiger partial charge in [0.15, 0.2) is 6.61 Å². The van der Waals surface area contributed by atoms with E-state index < -0.39 is 6.04 Å². The van der Waals surface area contributed by atoms with E-state index in [0.717, 1.165) is 15.6 Å². The second kappa shape index (κ2) is 13.6. The van der Waals surface area contributed by atoms with E-state index in [0.29, 0.717) is 31.2 Å². The summed E-state index contributed by atoms with van der Waals surface area (Å²) in [5.41, 5.74) is 3.15. The fourth-order valence-electron chi connectivity index (χ4n) is 4.04. The zero-order valence-corrected chi connectivity index (χ0v) is 24.6. The molecule has 0 aliphatic heterocycles. The van der Waals surface area contributed by atoms with Crippen LogP contribution in [0, 0.1) is 5.92 Å². The summed E-state index contributed by atoms with van der Waals surface area (Å²) in [6.07, 6.45) is 0.410. The first-order chi connectivity index (χ1) is 18.0. The van der Waals surface area contributed by atoms with Gasteiger partial charge in [0.05, 0.1) is 0 Å². The maximum Gasteiger partial charge on any atom is 0.261 e. The van der Waals surface area contributed by atoms with E-state index in [4.69, 9.17) is 4.74 Å². The van der Waals surface area contributed by atoms with Crippen molar-refractivity contribution < 1.29 is 14.3 Å². The summed E-state index contributed by atoms with van der Waals surface area (Å²) in [5, 5.41) is 3.05. The van der Waals surface area contributed by atoms with Gasteiger partial charge in [-0.15, -0.1) is 0 Å². The van der Waals surface area contributed by atoms with Gasteiger partial charge in [-0.2, -0.15) is 0 Å². The van der Waals surface area contributed by atoms with Gasteiger partial charge in [-0.05, 0) is 52.3 Å². The average molecular weight is 580 g/mol. The van der Waals surface area contributed by atoms with Crippen LogP contribution in [0.15, 0.2) is 83.3 Å². The first-order valence-electron chi connectivity index (χ1n) is 13.1. The van der Waals surface area contributed by atoms with Crippen molar-refractivity contribution in [2.75, 3.05) is 13.2 Å². The van der Waals surface area contributed by atoms with Gasteiger partial charge in [-0.25, -0.2) is 0 Å². The summed E-state index contributed by atoms with van der Waals surface area (Å²) in [4.78, 5) is 28.8. The lowest BCUT2D eigenvalue weighted by Gasteiger charge is -2.31. The van der Waals surface area contributed by atoms with Gasteiger partial charge >= 0.3 is 0 Å². The molecule has 0 aliphatic carbocycles. The average Bonchev–Trinajstić information content (AvgIpc) is 2.89. The largest absolute Gasteiger partial charge is 0.484 e. The highest BCUT2D eigenvalue weighted by Crippen LogP contribution is 2.24. The molecule has 6 heteroatoms. The van der Waals surface area contributed by atoms with Crippen LogP contribution in [0.5, 0.6) is 5.75 Å². The van der Waals surface area contributed by atoms with Gasteiger partial charge in [0.1, 0.15) is 11.8 Å². The number of ether oxygens (including phenoxy) is 1. The number of benzene rings is 3. The number of rotatable bonds is 11. The molecule has 1 atom stereocenters. The summed E-state index contributed by atoms with van der Waals surface area (Å²) in [5.74, 6) is 0.515. The van der Waals surface area contributed by atoms with E-state index in [1.54, 1.807) is 4.90 Å². The van der Waals surface area contributed by atoms with Crippen LogP contribution in [0.4, 0.5) is 0 Å². The molecule has 0 bridgehead atoms. The van der Waals surface area contributed by atoms with E-state index in [1.807, 2.05) is 78.9 Å². The molecular formula is C32H39BrN2O3. The predicted molar refractivity (Wildman–Crippen MR) is 157 cm³/mol. The molecule has 3 aromatic carbocycles. The molecule has 3 aromatic rings. The van der Waals surface area contributed by atoms with Gasteiger partial charge < -0.3 is 15.0 Å². The van der Waals surface area contributed by atoms with E-state index in [1.165, 1.54) is 5.56 Å². The smallest absolute Gasteiger partial charge is 0.261 e. The van der Waals surface area contributed by atoms with Crippen molar-refractivity contribution in [3.05, 3.63) is 100 Å². The van der Waals surface area contributed by atoms with Crippen LogP contribution in [0.3, 0.4) is 0 Å². The molecule has 5 nitrogen and oxygen atoms in total. The Hall–Kier alpha value is -3.12. The summed E-state index contributed by atoms with van der Waals surface area (Å²) in [6.45, 7) is 11.3. The predicted octanol–water partition coefficient (Wildman–Crippen LogP) is 6.54. The Balaban J connectivity index is 1.87. The van der Waals surface area contributed by atoms with Crippen LogP contribution < -0.4 is 10.1 Å². The monoisotopic (exact) mass is 578 g/mol. The number of nitrogens with one attached hydrogen (secondary N) is 1. The molecule has 0 spiro atoms. The number of carbonyl (C=O) groups is 2. The molecule has 202 valence electrons. The third-order valence-corrected chi connectivity index (χ3v) is 6.83. The van der Waals surface area contributed by atoms with Gasteiger partial charge in [0, 0.05) is 24.0 Å². The highest BCUT2D eigenvalue weighted by atomic mass is 79.9. The van der Waals surface area contributed by atoms with E-state index in [2.05, 4.69) is 55.9 Å². The summed E-state index contributed by atoms with van der Waals surface area (Å²) >= 11 is 3.47. The minimum Gasteiger partial charge on any atom is -0.484 e. The Morgan fingerprint density at radius 3 is 2.11 bits per heavy atom. The van der Waals surface area contributed by atoms with Crippen LogP contribution in [-0.4, -0.2) is 35.9 Å². The van der Waals surface area contributed by atoms with Crippen LogP contribution in [0.25, 0.3) is 0 Å². The molecule has 0 saturated carbocycles. The lowest BCUT2D eigenvalue weighted by atomic mass is 9.87. The van der Waals surface area contributed by atoms with Crippen LogP contribution in [0.2, 0.25) is 0 Å². The van der Waals surface area contributed by atoms with E-state index in [9.17, 15) is 9.59 Å². The lowest BCUT2D eigenvalue weighted by molar-refractivity contribution is -0.142. The van der Waals surface area contributed by atoms with Crippen LogP contribution in [0.1, 0.15) is 51.3 Å². The van der Waals surface area contributed by atoms with Crippen LogP contribution in [-0.2, 0) is 28.0 Å². The highest BCUT2D eigenvalue weighted by Gasteiger charge is 2.30. The Kier molecular flexibility index (Phi) is 10.5. The second-order valence-electron chi connectivity index (χ2n) is 11.1. The van der Waals surface area contributed by atoms with Crippen molar-refractivity contribution in [3.63, 3.8) is 0 Å². The zero-order chi connectivity index (χ0) is 27.7. The van der Waals surface area contributed by atoms with Crippen molar-refractivity contribution in [2.24, 2.45) is 5.92 Å². The van der Waals surface area contributed by atoms with Gasteiger partial charge in [0.2, 0.25) is 5.91 Å². The fraction of sp³-hybridized carbons (Fsp3) is 0.375. The molecule has 0 radical (unpaired) electrons. The molecule has 38 heavy (non-hydrogen) atoms. The summed E-state index contributed by atoms with van der Waals surface area (Å²) in [6, 6.07) is 24.8. The minimum atomic E-state index is -0.681. The Morgan fingerprint density at radius 1 is 0.895 bits per heavy atom. The highest BCUT2D eigenvalue weighted by molar-refractivity contribution is 9.10. The molecule has 3 rings (SSSR count). The first-order valence-corrected chi connectivity index (χ1v) is 13.9. The SMILES string of the molecule is CC(C)CNC(=O)C(Cc1ccccc1)N(Cc1ccc(Br)cc1)C(=O)COc1ccc(C(C)(C)C)cc1. The lowest BCUT2D eigenvalue weighted by Crippen LogP contribution is -2.52. The van der Waals surface area contributed by atoms with Crippen molar-refractivity contribution in [3.8, 4) is 5.75 Å². The minimum absolute atomic E-state index is 0.0316. The van der Waals surface area contributed by atoms with Crippen molar-refractivity contribution >= 4 is 27.7 Å². The molecular weight excluding hydrogens is 540 g/mol. The normalized spacial score (nSPS) is 12.2. The number of halogens is 1. The second-order valence-corrected chi connectivity index (χ2v) is 12.0. The standard InChI is InChI=1S/C32H39BrN2O3/c1-23(2)20-34-31(37)29(19-24-9-7-6-8-10-24)35(21-25-11-15-27(33)16-12-25)30(36)22-38-28-17-13-26(14-18-28)32(3,4)5/h6-18,23,29H,19-22H2,1-5H3,(H,34,37). The zero-order valence-electron chi connectivity index (χ0n) is 23.0. The number of carbonyl (C=O) groups excluding carboxylic acids is 2. The summed E-state index contributed by atoms with van der Waals surface area (Å²) in [7, 11) is 0. The molecule has 0 heterocycles. The summed E-state index contributed by atoms with van der Waals surface area (Å²) < 4.78 is 6.88. The molecule has 0 fully saturated rings. The Bertz CT molecular complexity index is 1170. The molecule has 0 saturated heterocycles. The molecule has 0 aliphatic rings. The quantitative estimate of drug-likeness (QED) is 0.281. The van der Waals surface area contributed by atoms with Crippen molar-refractivity contribution in [1.29, 1.82) is 0 Å². The molecule has 0 aromatic heterocycles. The topological polar surface area (TPSA) is 58.6 Å². The number of hydrogen-bond donors (Lipinski definition) is 1. The van der Waals surface area contributed by atoms with Crippen LogP contribution >= 0.6 is 15.9 Å². The molecule has 1 N–H and O–H groups in total. The van der Waals surface area contributed by atoms with E-state index in [-0.39, 0.29) is 23.8 Å². The maximum atomic E-state index is 13.7. The van der Waals surface area contributed by atoms with Crippen molar-refractivity contribution in [2.45, 2.75) is 59.0 Å². The van der Waals surface area contributed by atoms with Gasteiger partial charge in [-0.3, -0.25) is 9.59 Å². The first kappa shape index (κ1) is 29.4. The van der Waals surface area contributed by atoms with Gasteiger partial charge in [0.25, 0.3) is 5.91 Å². The number of hydrogen-bond acceptors (Lipinski definition) is 3. The number of nitrogens with zero attached hydrogens (tertiary/aromatic N) is 1. The Labute approximate surface area is 235 Å². The Morgan fingerprint density at radius 2 is 1.53 bits per heavy atom. The van der Waals surface area contributed by atoms with Gasteiger partial charge in [-0.1, -0.05) is 105 Å². The number of amides is 2. The van der Waals surface area contributed by atoms with E-state index >= 15 is 0 Å². The third kappa shape index (κ3) is 9.02.